The molecule has 0 atom stereocenters. The summed E-state index contributed by atoms with van der Waals surface area (Å²) in [6.07, 6.45) is 1.42. The first-order valence-electron chi connectivity index (χ1n) is 7.31. The smallest absolute Gasteiger partial charge is 0.329 e. The highest BCUT2D eigenvalue weighted by molar-refractivity contribution is 7.99. The Morgan fingerprint density at radius 2 is 2.00 bits per heavy atom. The van der Waals surface area contributed by atoms with E-state index in [0.29, 0.717) is 10.9 Å². The first-order chi connectivity index (χ1) is 12.1. The van der Waals surface area contributed by atoms with Gasteiger partial charge < -0.3 is 14.5 Å². The van der Waals surface area contributed by atoms with E-state index in [-0.39, 0.29) is 5.70 Å². The van der Waals surface area contributed by atoms with Crippen LogP contribution in [0.1, 0.15) is 5.76 Å². The topological polar surface area (TPSA) is 88.8 Å². The number of imide groups is 1. The number of carbonyl (C=O) groups excluding carboxylic acids is 3. The van der Waals surface area contributed by atoms with Crippen molar-refractivity contribution in [3.63, 3.8) is 0 Å². The molecule has 128 valence electrons. The van der Waals surface area contributed by atoms with Crippen molar-refractivity contribution in [2.45, 2.75) is 9.99 Å². The lowest BCUT2D eigenvalue weighted by molar-refractivity contribution is -0.143. The minimum atomic E-state index is -0.677. The molecule has 2 aromatic rings. The summed E-state index contributed by atoms with van der Waals surface area (Å²) in [5, 5.41) is 3.07. The molecule has 0 bridgehead atoms. The van der Waals surface area contributed by atoms with Gasteiger partial charge in [-0.1, -0.05) is 30.0 Å². The Morgan fingerprint density at radius 3 is 2.72 bits per heavy atom. The molecule has 1 aromatic heterocycles. The molecule has 0 radical (unpaired) electrons. The third-order valence-electron chi connectivity index (χ3n) is 3.33. The second kappa shape index (κ2) is 7.27. The molecule has 1 N–H and O–H groups in total. The Hall–Kier alpha value is -3.00. The number of carbonyl (C=O) groups is 3. The van der Waals surface area contributed by atoms with Gasteiger partial charge in [0, 0.05) is 11.0 Å². The number of rotatable bonds is 5. The van der Waals surface area contributed by atoms with Gasteiger partial charge in [0.2, 0.25) is 0 Å². The average molecular weight is 358 g/mol. The Morgan fingerprint density at radius 1 is 1.24 bits per heavy atom. The van der Waals surface area contributed by atoms with Crippen LogP contribution < -0.4 is 5.32 Å². The van der Waals surface area contributed by atoms with Gasteiger partial charge >= 0.3 is 12.0 Å². The number of hydrogen-bond acceptors (Lipinski definition) is 6. The molecule has 1 aliphatic rings. The quantitative estimate of drug-likeness (QED) is 0.502. The molecule has 0 aliphatic carbocycles. The van der Waals surface area contributed by atoms with Gasteiger partial charge in [-0.15, -0.1) is 0 Å². The molecule has 0 unspecified atom stereocenters. The zero-order valence-electron chi connectivity index (χ0n) is 13.2. The molecule has 0 saturated carbocycles. The largest absolute Gasteiger partial charge is 0.468 e. The fourth-order valence-corrected chi connectivity index (χ4v) is 2.92. The minimum absolute atomic E-state index is 0.0412. The number of esters is 1. The number of ether oxygens (including phenoxy) is 1. The number of benzene rings is 1. The van der Waals surface area contributed by atoms with Crippen LogP contribution in [0.5, 0.6) is 0 Å². The maximum absolute atomic E-state index is 12.2. The van der Waals surface area contributed by atoms with Crippen molar-refractivity contribution in [2.24, 2.45) is 0 Å². The van der Waals surface area contributed by atoms with Gasteiger partial charge in [-0.2, -0.15) is 0 Å². The van der Waals surface area contributed by atoms with E-state index in [0.717, 1.165) is 9.80 Å². The molecule has 7 nitrogen and oxygen atoms in total. The SMILES string of the molecule is COC(=O)CN1C(=O)NC(=Cc2ccc(Sc3ccccc3)o2)C1=O. The zero-order valence-corrected chi connectivity index (χ0v) is 14.0. The van der Waals surface area contributed by atoms with Crippen LogP contribution in [-0.4, -0.2) is 36.5 Å². The lowest BCUT2D eigenvalue weighted by atomic mass is 10.3. The van der Waals surface area contributed by atoms with E-state index < -0.39 is 24.5 Å². The molecule has 25 heavy (non-hydrogen) atoms. The molecule has 8 heteroatoms. The number of nitrogens with one attached hydrogen (secondary N) is 1. The number of furan rings is 1. The van der Waals surface area contributed by atoms with E-state index in [1.165, 1.54) is 24.9 Å². The molecule has 3 rings (SSSR count). The molecule has 1 aromatic carbocycles. The van der Waals surface area contributed by atoms with Crippen LogP contribution in [0, 0.1) is 0 Å². The van der Waals surface area contributed by atoms with Gasteiger partial charge in [-0.25, -0.2) is 9.69 Å². The fraction of sp³-hybridized carbons (Fsp3) is 0.118. The summed E-state index contributed by atoms with van der Waals surface area (Å²) in [7, 11) is 1.19. The van der Waals surface area contributed by atoms with E-state index >= 15 is 0 Å². The summed E-state index contributed by atoms with van der Waals surface area (Å²) in [6, 6.07) is 12.5. The Labute approximate surface area is 147 Å². The van der Waals surface area contributed by atoms with Crippen molar-refractivity contribution in [3.05, 3.63) is 53.9 Å². The highest BCUT2D eigenvalue weighted by Crippen LogP contribution is 2.29. The van der Waals surface area contributed by atoms with Crippen LogP contribution in [-0.2, 0) is 14.3 Å². The maximum atomic E-state index is 12.2. The van der Waals surface area contributed by atoms with Crippen LogP contribution in [0.2, 0.25) is 0 Å². The first kappa shape index (κ1) is 16.8. The van der Waals surface area contributed by atoms with Crippen molar-refractivity contribution >= 4 is 35.7 Å². The highest BCUT2D eigenvalue weighted by atomic mass is 32.2. The van der Waals surface area contributed by atoms with Gasteiger partial charge in [0.1, 0.15) is 18.0 Å². The van der Waals surface area contributed by atoms with E-state index in [9.17, 15) is 14.4 Å². The van der Waals surface area contributed by atoms with Crippen molar-refractivity contribution in [1.82, 2.24) is 10.2 Å². The summed E-state index contributed by atoms with van der Waals surface area (Å²) in [4.78, 5) is 37.0. The van der Waals surface area contributed by atoms with Gasteiger partial charge in [-0.3, -0.25) is 9.59 Å². The number of hydrogen-bond donors (Lipinski definition) is 1. The zero-order chi connectivity index (χ0) is 17.8. The number of urea groups is 1. The predicted octanol–water partition coefficient (Wildman–Crippen LogP) is 2.50. The van der Waals surface area contributed by atoms with Crippen LogP contribution in [0.4, 0.5) is 4.79 Å². The summed E-state index contributed by atoms with van der Waals surface area (Å²) in [6.45, 7) is -0.439. The fourth-order valence-electron chi connectivity index (χ4n) is 2.12. The summed E-state index contributed by atoms with van der Waals surface area (Å²) >= 11 is 1.44. The van der Waals surface area contributed by atoms with Crippen LogP contribution in [0.15, 0.2) is 62.6 Å². The van der Waals surface area contributed by atoms with Crippen molar-refractivity contribution in [3.8, 4) is 0 Å². The standard InChI is InChI=1S/C17H14N2O5S/c1-23-14(20)10-19-16(21)13(18-17(19)22)9-11-7-8-15(24-11)25-12-5-3-2-4-6-12/h2-9H,10H2,1H3,(H,18,22). The second-order valence-corrected chi connectivity index (χ2v) is 6.11. The Balaban J connectivity index is 1.72. The monoisotopic (exact) mass is 358 g/mol. The molecular formula is C17H14N2O5S. The van der Waals surface area contributed by atoms with Crippen LogP contribution in [0.25, 0.3) is 6.08 Å². The van der Waals surface area contributed by atoms with Crippen molar-refractivity contribution in [2.75, 3.05) is 13.7 Å². The Kier molecular flexibility index (Phi) is 4.90. The molecule has 0 spiro atoms. The third kappa shape index (κ3) is 3.92. The first-order valence-corrected chi connectivity index (χ1v) is 8.12. The minimum Gasteiger partial charge on any atom is -0.468 e. The van der Waals surface area contributed by atoms with E-state index in [2.05, 4.69) is 10.1 Å². The molecule has 2 heterocycles. The van der Waals surface area contributed by atoms with E-state index in [4.69, 9.17) is 4.42 Å². The summed E-state index contributed by atoms with van der Waals surface area (Å²) in [5.41, 5.74) is 0.0412. The van der Waals surface area contributed by atoms with Gasteiger partial charge in [0.15, 0.2) is 5.09 Å². The van der Waals surface area contributed by atoms with Gasteiger partial charge in [-0.05, 0) is 24.3 Å². The van der Waals surface area contributed by atoms with Crippen molar-refractivity contribution < 1.29 is 23.5 Å². The number of methoxy groups -OCH3 is 1. The van der Waals surface area contributed by atoms with Crippen LogP contribution >= 0.6 is 11.8 Å². The lowest BCUT2D eigenvalue weighted by Gasteiger charge is -2.08. The normalized spacial score (nSPS) is 15.6. The maximum Gasteiger partial charge on any atom is 0.329 e. The molecule has 1 aliphatic heterocycles. The number of nitrogens with zero attached hydrogens (tertiary/aromatic N) is 1. The van der Waals surface area contributed by atoms with Gasteiger partial charge in [0.05, 0.1) is 7.11 Å². The van der Waals surface area contributed by atoms with Gasteiger partial charge in [0.25, 0.3) is 5.91 Å². The average Bonchev–Trinajstić information content (AvgIpc) is 3.15. The highest BCUT2D eigenvalue weighted by Gasteiger charge is 2.35. The van der Waals surface area contributed by atoms with E-state index in [1.807, 2.05) is 30.3 Å². The second-order valence-electron chi connectivity index (χ2n) is 5.03. The van der Waals surface area contributed by atoms with Crippen LogP contribution in [0.3, 0.4) is 0 Å². The van der Waals surface area contributed by atoms with E-state index in [1.54, 1.807) is 12.1 Å². The summed E-state index contributed by atoms with van der Waals surface area (Å²) in [5.74, 6) is -0.865. The molecule has 1 fully saturated rings. The summed E-state index contributed by atoms with van der Waals surface area (Å²) < 4.78 is 10.1. The van der Waals surface area contributed by atoms with Crippen molar-refractivity contribution in [1.29, 1.82) is 0 Å². The number of amides is 3. The molecular weight excluding hydrogens is 344 g/mol. The Bertz CT molecular complexity index is 844. The predicted molar refractivity (Wildman–Crippen MR) is 89.5 cm³/mol. The third-order valence-corrected chi connectivity index (χ3v) is 4.26. The molecule has 3 amide bonds. The lowest BCUT2D eigenvalue weighted by Crippen LogP contribution is -2.36. The molecule has 1 saturated heterocycles.